The van der Waals surface area contributed by atoms with Crippen LogP contribution < -0.4 is 9.47 Å². The number of aryl methyl sites for hydroxylation is 1. The first-order chi connectivity index (χ1) is 20.8. The zero-order chi connectivity index (χ0) is 30.3. The van der Waals surface area contributed by atoms with Crippen LogP contribution in [-0.4, -0.2) is 116 Å². The molecule has 0 radical (unpaired) electrons. The van der Waals surface area contributed by atoms with Gasteiger partial charge in [0, 0.05) is 69.5 Å². The highest BCUT2D eigenvalue weighted by Crippen LogP contribution is 2.29. The number of carbonyl (C=O) groups is 3. The van der Waals surface area contributed by atoms with Crippen LogP contribution in [0.4, 0.5) is 0 Å². The predicted octanol–water partition coefficient (Wildman–Crippen LogP) is 3.12. The molecule has 0 atom stereocenters. The summed E-state index contributed by atoms with van der Waals surface area (Å²) in [4.78, 5) is 44.2. The number of halogens is 2. The van der Waals surface area contributed by atoms with Gasteiger partial charge in [0.05, 0.1) is 38.9 Å². The van der Waals surface area contributed by atoms with Gasteiger partial charge in [-0.3, -0.25) is 19.4 Å². The zero-order valence-electron chi connectivity index (χ0n) is 26.0. The number of piperazine rings is 1. The fourth-order valence-electron chi connectivity index (χ4n) is 5.57. The van der Waals surface area contributed by atoms with Crippen molar-refractivity contribution in [2.24, 2.45) is 7.05 Å². The highest BCUT2D eigenvalue weighted by atomic mass is 35.5. The van der Waals surface area contributed by atoms with Gasteiger partial charge in [-0.15, -0.1) is 24.8 Å². The number of methoxy groups -OCH3 is 1. The summed E-state index contributed by atoms with van der Waals surface area (Å²) in [5, 5.41) is 0.954. The van der Waals surface area contributed by atoms with E-state index in [1.807, 2.05) is 41.6 Å². The molecule has 1 amide bonds. The SMILES string of the molecule is COc1ccc2c(c1)c(CC(=O)Oc1ccc(C(=O)OCCN3CCN(CC(=O)N4CCOCC4)CC3)cc1)c(C)n2C.Cl.Cl. The average Bonchev–Trinajstić information content (AvgIpc) is 3.26. The molecule has 0 N–H and O–H groups in total. The molecule has 0 bridgehead atoms. The summed E-state index contributed by atoms with van der Waals surface area (Å²) in [6.07, 6.45) is 0.110. The third kappa shape index (κ3) is 9.11. The second-order valence-electron chi connectivity index (χ2n) is 10.9. The molecule has 0 saturated carbocycles. The summed E-state index contributed by atoms with van der Waals surface area (Å²) < 4.78 is 23.8. The van der Waals surface area contributed by atoms with Crippen molar-refractivity contribution in [3.05, 3.63) is 59.3 Å². The molecule has 3 aromatic rings. The first-order valence-electron chi connectivity index (χ1n) is 14.7. The molecule has 2 aromatic carbocycles. The minimum absolute atomic E-state index is 0. The van der Waals surface area contributed by atoms with Crippen LogP contribution in [0.5, 0.6) is 11.5 Å². The lowest BCUT2D eigenvalue weighted by molar-refractivity contribution is -0.137. The number of carbonyl (C=O) groups excluding carboxylic acids is 3. The molecule has 13 heteroatoms. The van der Waals surface area contributed by atoms with Crippen molar-refractivity contribution in [1.29, 1.82) is 0 Å². The Hall–Kier alpha value is -3.35. The topological polar surface area (TPSA) is 103 Å². The van der Waals surface area contributed by atoms with E-state index in [0.29, 0.717) is 50.7 Å². The van der Waals surface area contributed by atoms with Crippen LogP contribution in [0.2, 0.25) is 0 Å². The van der Waals surface area contributed by atoms with Gasteiger partial charge in [0.1, 0.15) is 18.1 Å². The van der Waals surface area contributed by atoms with E-state index < -0.39 is 5.97 Å². The van der Waals surface area contributed by atoms with Crippen molar-refractivity contribution >= 4 is 53.6 Å². The smallest absolute Gasteiger partial charge is 0.338 e. The summed E-state index contributed by atoms with van der Waals surface area (Å²) in [5.41, 5.74) is 3.29. The van der Waals surface area contributed by atoms with Crippen molar-refractivity contribution in [1.82, 2.24) is 19.3 Å². The summed E-state index contributed by atoms with van der Waals surface area (Å²) in [6.45, 7) is 9.12. The molecule has 0 spiro atoms. The number of hydrogen-bond donors (Lipinski definition) is 0. The Bertz CT molecular complexity index is 1450. The van der Waals surface area contributed by atoms with E-state index in [1.165, 1.54) is 0 Å². The Morgan fingerprint density at radius 2 is 1.51 bits per heavy atom. The molecular formula is C32H42Cl2N4O7. The maximum absolute atomic E-state index is 12.8. The average molecular weight is 666 g/mol. The Morgan fingerprint density at radius 3 is 2.18 bits per heavy atom. The fraction of sp³-hybridized carbons (Fsp3) is 0.469. The molecule has 45 heavy (non-hydrogen) atoms. The first kappa shape index (κ1) is 36.1. The number of hydrogen-bond acceptors (Lipinski definition) is 9. The number of nitrogens with zero attached hydrogens (tertiary/aromatic N) is 4. The van der Waals surface area contributed by atoms with Crippen molar-refractivity contribution in [3.63, 3.8) is 0 Å². The fourth-order valence-corrected chi connectivity index (χ4v) is 5.57. The van der Waals surface area contributed by atoms with E-state index in [9.17, 15) is 14.4 Å². The van der Waals surface area contributed by atoms with Crippen LogP contribution >= 0.6 is 24.8 Å². The number of ether oxygens (including phenoxy) is 4. The standard InChI is InChI=1S/C32H40N4O7.2ClH/c1-23-27(28-20-26(40-3)8-9-29(28)33(23)2)21-31(38)43-25-6-4-24(5-7-25)32(39)42-19-14-34-10-12-35(13-11-34)22-30(37)36-15-17-41-18-16-36;;/h4-9,20H,10-19,21-22H2,1-3H3;2*1H. The van der Waals surface area contributed by atoms with E-state index in [4.69, 9.17) is 18.9 Å². The summed E-state index contributed by atoms with van der Waals surface area (Å²) in [5.74, 6) is 0.437. The molecule has 1 aromatic heterocycles. The van der Waals surface area contributed by atoms with Crippen molar-refractivity contribution in [2.45, 2.75) is 13.3 Å². The van der Waals surface area contributed by atoms with Gasteiger partial charge in [-0.2, -0.15) is 0 Å². The van der Waals surface area contributed by atoms with Crippen molar-refractivity contribution < 1.29 is 33.3 Å². The van der Waals surface area contributed by atoms with Crippen LogP contribution in [0.25, 0.3) is 10.9 Å². The molecule has 2 saturated heterocycles. The molecule has 5 rings (SSSR count). The quantitative estimate of drug-likeness (QED) is 0.239. The summed E-state index contributed by atoms with van der Waals surface area (Å²) in [7, 11) is 3.58. The number of amides is 1. The second-order valence-corrected chi connectivity index (χ2v) is 10.9. The van der Waals surface area contributed by atoms with Crippen LogP contribution in [-0.2, 0) is 32.5 Å². The lowest BCUT2D eigenvalue weighted by Crippen LogP contribution is -2.52. The van der Waals surface area contributed by atoms with Gasteiger partial charge in [-0.25, -0.2) is 4.79 Å². The van der Waals surface area contributed by atoms with Crippen molar-refractivity contribution in [2.75, 3.05) is 79.3 Å². The van der Waals surface area contributed by atoms with Gasteiger partial charge < -0.3 is 28.4 Å². The maximum atomic E-state index is 12.8. The van der Waals surface area contributed by atoms with E-state index in [2.05, 4.69) is 9.80 Å². The van der Waals surface area contributed by atoms with Gasteiger partial charge in [0.25, 0.3) is 0 Å². The van der Waals surface area contributed by atoms with Gasteiger partial charge in [-0.05, 0) is 55.0 Å². The zero-order valence-corrected chi connectivity index (χ0v) is 27.6. The second kappa shape index (κ2) is 16.8. The molecule has 2 aliphatic rings. The third-order valence-electron chi connectivity index (χ3n) is 8.30. The van der Waals surface area contributed by atoms with Crippen LogP contribution in [0, 0.1) is 6.92 Å². The normalized spacial score (nSPS) is 15.6. The summed E-state index contributed by atoms with van der Waals surface area (Å²) >= 11 is 0. The van der Waals surface area contributed by atoms with Crippen LogP contribution in [0.1, 0.15) is 21.6 Å². The molecule has 0 unspecified atom stereocenters. The lowest BCUT2D eigenvalue weighted by Gasteiger charge is -2.35. The molecule has 2 aliphatic heterocycles. The van der Waals surface area contributed by atoms with Gasteiger partial charge in [0.15, 0.2) is 0 Å². The number of rotatable bonds is 10. The third-order valence-corrected chi connectivity index (χ3v) is 8.30. The molecule has 0 aliphatic carbocycles. The number of aromatic nitrogens is 1. The molecule has 3 heterocycles. The highest BCUT2D eigenvalue weighted by molar-refractivity contribution is 5.91. The minimum atomic E-state index is -0.423. The lowest BCUT2D eigenvalue weighted by atomic mass is 10.1. The van der Waals surface area contributed by atoms with E-state index in [0.717, 1.165) is 54.1 Å². The number of morpholine rings is 1. The molecule has 11 nitrogen and oxygen atoms in total. The molecule has 2 fully saturated rings. The van der Waals surface area contributed by atoms with Crippen molar-refractivity contribution in [3.8, 4) is 11.5 Å². The van der Waals surface area contributed by atoms with E-state index in [1.54, 1.807) is 31.4 Å². The van der Waals surface area contributed by atoms with Gasteiger partial charge in [0.2, 0.25) is 5.91 Å². The van der Waals surface area contributed by atoms with E-state index >= 15 is 0 Å². The number of esters is 2. The van der Waals surface area contributed by atoms with Crippen LogP contribution in [0.15, 0.2) is 42.5 Å². The van der Waals surface area contributed by atoms with Gasteiger partial charge in [-0.1, -0.05) is 0 Å². The maximum Gasteiger partial charge on any atom is 0.338 e. The largest absolute Gasteiger partial charge is 0.497 e. The monoisotopic (exact) mass is 664 g/mol. The van der Waals surface area contributed by atoms with Crippen LogP contribution in [0.3, 0.4) is 0 Å². The predicted molar refractivity (Wildman–Crippen MR) is 175 cm³/mol. The summed E-state index contributed by atoms with van der Waals surface area (Å²) in [6, 6.07) is 12.2. The first-order valence-corrected chi connectivity index (χ1v) is 14.7. The van der Waals surface area contributed by atoms with Gasteiger partial charge >= 0.3 is 11.9 Å². The number of fused-ring (bicyclic) bond motifs is 1. The Kier molecular flexibility index (Phi) is 13.5. The Balaban J connectivity index is 0.00000276. The Labute approximate surface area is 276 Å². The number of benzene rings is 2. The molecule has 246 valence electrons. The van der Waals surface area contributed by atoms with E-state index in [-0.39, 0.29) is 49.7 Å². The minimum Gasteiger partial charge on any atom is -0.497 e. The molecular weight excluding hydrogens is 623 g/mol. The Morgan fingerprint density at radius 1 is 0.867 bits per heavy atom. The highest BCUT2D eigenvalue weighted by Gasteiger charge is 2.23.